The van der Waals surface area contributed by atoms with Crippen LogP contribution in [0.25, 0.3) is 0 Å². The molecule has 0 spiro atoms. The molecule has 0 aliphatic rings. The van der Waals surface area contributed by atoms with Crippen LogP contribution < -0.4 is 5.32 Å². The van der Waals surface area contributed by atoms with Gasteiger partial charge in [-0.3, -0.25) is 0 Å². The fourth-order valence-corrected chi connectivity index (χ4v) is 2.25. The highest BCUT2D eigenvalue weighted by Gasteiger charge is 2.15. The summed E-state index contributed by atoms with van der Waals surface area (Å²) in [6, 6.07) is 4.39. The summed E-state index contributed by atoms with van der Waals surface area (Å²) in [7, 11) is -3.03. The molecular weight excluding hydrogens is 241 g/mol. The second kappa shape index (κ2) is 5.49. The zero-order valence-electron chi connectivity index (χ0n) is 10.3. The number of hydrogen-bond donors (Lipinski definition) is 1. The zero-order valence-corrected chi connectivity index (χ0v) is 11.1. The summed E-state index contributed by atoms with van der Waals surface area (Å²) in [6.45, 7) is 5.45. The van der Waals surface area contributed by atoms with E-state index in [4.69, 9.17) is 0 Å². The average molecular weight is 259 g/mol. The monoisotopic (exact) mass is 259 g/mol. The van der Waals surface area contributed by atoms with Crippen molar-refractivity contribution in [3.63, 3.8) is 0 Å². The lowest BCUT2D eigenvalue weighted by atomic mass is 10.2. The Bertz CT molecular complexity index is 483. The van der Waals surface area contributed by atoms with E-state index in [2.05, 4.69) is 5.32 Å². The van der Waals surface area contributed by atoms with Gasteiger partial charge in [-0.15, -0.1) is 0 Å². The zero-order chi connectivity index (χ0) is 13.1. The van der Waals surface area contributed by atoms with Gasteiger partial charge in [0.2, 0.25) is 0 Å². The summed E-state index contributed by atoms with van der Waals surface area (Å²) in [6.07, 6.45) is 0. The van der Waals surface area contributed by atoms with Crippen LogP contribution in [0.5, 0.6) is 0 Å². The second-order valence-electron chi connectivity index (χ2n) is 4.30. The Labute approximate surface area is 102 Å². The van der Waals surface area contributed by atoms with E-state index < -0.39 is 9.84 Å². The van der Waals surface area contributed by atoms with Gasteiger partial charge in [0, 0.05) is 12.2 Å². The van der Waals surface area contributed by atoms with Crippen LogP contribution >= 0.6 is 0 Å². The van der Waals surface area contributed by atoms with Gasteiger partial charge in [0.15, 0.2) is 9.84 Å². The Kier molecular flexibility index (Phi) is 4.51. The second-order valence-corrected chi connectivity index (χ2v) is 6.98. The predicted octanol–water partition coefficient (Wildman–Crippen LogP) is 2.37. The molecule has 96 valence electrons. The Morgan fingerprint density at radius 1 is 1.35 bits per heavy atom. The van der Waals surface area contributed by atoms with Crippen LogP contribution in [0.2, 0.25) is 0 Å². The van der Waals surface area contributed by atoms with Gasteiger partial charge >= 0.3 is 0 Å². The van der Waals surface area contributed by atoms with Gasteiger partial charge in [-0.1, -0.05) is 0 Å². The van der Waals surface area contributed by atoms with Crippen LogP contribution in [0.1, 0.15) is 19.4 Å². The van der Waals surface area contributed by atoms with Crippen molar-refractivity contribution in [3.8, 4) is 0 Å². The van der Waals surface area contributed by atoms with Crippen LogP contribution in [-0.4, -0.2) is 26.0 Å². The lowest BCUT2D eigenvalue weighted by Gasteiger charge is -2.11. The number of hydrogen-bond acceptors (Lipinski definition) is 3. The molecule has 1 aromatic rings. The molecule has 17 heavy (non-hydrogen) atoms. The van der Waals surface area contributed by atoms with Gasteiger partial charge in [-0.2, -0.15) is 0 Å². The molecule has 0 saturated carbocycles. The summed E-state index contributed by atoms with van der Waals surface area (Å²) in [4.78, 5) is 0. The van der Waals surface area contributed by atoms with Crippen LogP contribution in [0.15, 0.2) is 18.2 Å². The SMILES string of the molecule is Cc1cc(F)ccc1NCCS(=O)(=O)C(C)C. The normalized spacial score (nSPS) is 11.8. The number of nitrogens with one attached hydrogen (secondary N) is 1. The third-order valence-corrected chi connectivity index (χ3v) is 4.82. The minimum Gasteiger partial charge on any atom is -0.384 e. The van der Waals surface area contributed by atoms with E-state index in [9.17, 15) is 12.8 Å². The standard InChI is InChI=1S/C12H18FNO2S/c1-9(2)17(15,16)7-6-14-12-5-4-11(13)8-10(12)3/h4-5,8-9,14H,6-7H2,1-3H3. The molecule has 0 radical (unpaired) electrons. The van der Waals surface area contributed by atoms with Gasteiger partial charge < -0.3 is 5.32 Å². The van der Waals surface area contributed by atoms with Crippen LogP contribution in [-0.2, 0) is 9.84 Å². The van der Waals surface area contributed by atoms with E-state index in [1.807, 2.05) is 0 Å². The number of benzene rings is 1. The van der Waals surface area contributed by atoms with Crippen molar-refractivity contribution in [2.75, 3.05) is 17.6 Å². The minimum atomic E-state index is -3.03. The largest absolute Gasteiger partial charge is 0.384 e. The summed E-state index contributed by atoms with van der Waals surface area (Å²) < 4.78 is 36.0. The molecule has 1 rings (SSSR count). The van der Waals surface area contributed by atoms with E-state index >= 15 is 0 Å². The number of halogens is 1. The smallest absolute Gasteiger partial charge is 0.154 e. The topological polar surface area (TPSA) is 46.2 Å². The highest BCUT2D eigenvalue weighted by Crippen LogP contribution is 2.15. The maximum Gasteiger partial charge on any atom is 0.154 e. The highest BCUT2D eigenvalue weighted by atomic mass is 32.2. The van der Waals surface area contributed by atoms with Gasteiger partial charge in [0.25, 0.3) is 0 Å². The molecule has 0 bridgehead atoms. The molecule has 3 nitrogen and oxygen atoms in total. The first-order valence-corrected chi connectivity index (χ1v) is 7.26. The molecule has 0 atom stereocenters. The first-order valence-electron chi connectivity index (χ1n) is 5.54. The van der Waals surface area contributed by atoms with Crippen LogP contribution in [0.3, 0.4) is 0 Å². The number of rotatable bonds is 5. The van der Waals surface area contributed by atoms with Gasteiger partial charge in [-0.25, -0.2) is 12.8 Å². The molecule has 0 aliphatic heterocycles. The number of sulfone groups is 1. The molecule has 1 aromatic carbocycles. The van der Waals surface area contributed by atoms with Gasteiger partial charge in [0.1, 0.15) is 5.82 Å². The summed E-state index contributed by atoms with van der Waals surface area (Å²) in [5.74, 6) is -0.204. The van der Waals surface area contributed by atoms with E-state index in [0.29, 0.717) is 6.54 Å². The molecule has 0 aliphatic carbocycles. The molecule has 0 saturated heterocycles. The lowest BCUT2D eigenvalue weighted by molar-refractivity contribution is 0.587. The number of anilines is 1. The molecule has 0 fully saturated rings. The first-order chi connectivity index (χ1) is 7.83. The Morgan fingerprint density at radius 2 is 2.00 bits per heavy atom. The van der Waals surface area contributed by atoms with Crippen molar-refractivity contribution in [2.24, 2.45) is 0 Å². The van der Waals surface area contributed by atoms with E-state index in [1.165, 1.54) is 12.1 Å². The third-order valence-electron chi connectivity index (χ3n) is 2.61. The molecule has 0 amide bonds. The Hall–Kier alpha value is -1.10. The number of aryl methyl sites for hydroxylation is 1. The fraction of sp³-hybridized carbons (Fsp3) is 0.500. The van der Waals surface area contributed by atoms with Crippen molar-refractivity contribution in [2.45, 2.75) is 26.0 Å². The molecule has 5 heteroatoms. The summed E-state index contributed by atoms with van der Waals surface area (Å²) >= 11 is 0. The van der Waals surface area contributed by atoms with Crippen LogP contribution in [0, 0.1) is 12.7 Å². The van der Waals surface area contributed by atoms with Gasteiger partial charge in [0.05, 0.1) is 11.0 Å². The quantitative estimate of drug-likeness (QED) is 0.883. The van der Waals surface area contributed by atoms with Crippen molar-refractivity contribution >= 4 is 15.5 Å². The van der Waals surface area contributed by atoms with Crippen LogP contribution in [0.4, 0.5) is 10.1 Å². The van der Waals surface area contributed by atoms with E-state index in [0.717, 1.165) is 11.3 Å². The summed E-state index contributed by atoms with van der Waals surface area (Å²) in [5.41, 5.74) is 1.54. The lowest BCUT2D eigenvalue weighted by Crippen LogP contribution is -2.23. The van der Waals surface area contributed by atoms with E-state index in [1.54, 1.807) is 26.8 Å². The Morgan fingerprint density at radius 3 is 2.53 bits per heavy atom. The summed E-state index contributed by atoms with van der Waals surface area (Å²) in [5, 5.41) is 2.64. The predicted molar refractivity (Wildman–Crippen MR) is 68.5 cm³/mol. The van der Waals surface area contributed by atoms with Gasteiger partial charge in [-0.05, 0) is 44.5 Å². The fourth-order valence-electron chi connectivity index (χ4n) is 1.39. The van der Waals surface area contributed by atoms with Crippen molar-refractivity contribution < 1.29 is 12.8 Å². The molecule has 0 heterocycles. The maximum atomic E-state index is 12.8. The third kappa shape index (κ3) is 4.00. The van der Waals surface area contributed by atoms with Crippen molar-refractivity contribution in [1.29, 1.82) is 0 Å². The molecular formula is C12H18FNO2S. The Balaban J connectivity index is 2.58. The first kappa shape index (κ1) is 14.0. The van der Waals surface area contributed by atoms with Crippen molar-refractivity contribution in [1.82, 2.24) is 0 Å². The van der Waals surface area contributed by atoms with Crippen molar-refractivity contribution in [3.05, 3.63) is 29.6 Å². The molecule has 0 unspecified atom stereocenters. The highest BCUT2D eigenvalue weighted by molar-refractivity contribution is 7.92. The maximum absolute atomic E-state index is 12.8. The minimum absolute atomic E-state index is 0.0848. The molecule has 0 aromatic heterocycles. The van der Waals surface area contributed by atoms with E-state index in [-0.39, 0.29) is 16.8 Å². The average Bonchev–Trinajstić information content (AvgIpc) is 2.21. The molecule has 1 N–H and O–H groups in total.